The van der Waals surface area contributed by atoms with E-state index in [1.165, 1.54) is 43.6 Å². The van der Waals surface area contributed by atoms with Gasteiger partial charge in [0.1, 0.15) is 0 Å². The van der Waals surface area contributed by atoms with E-state index in [0.717, 1.165) is 112 Å². The van der Waals surface area contributed by atoms with Crippen LogP contribution in [0.3, 0.4) is 0 Å². The average molecular weight is 1080 g/mol. The lowest BCUT2D eigenvalue weighted by Crippen LogP contribution is -2.13. The molecule has 0 radical (unpaired) electrons. The maximum atomic E-state index is 5.40. The highest BCUT2D eigenvalue weighted by Crippen LogP contribution is 2.45. The number of hydrogen-bond acceptors (Lipinski definition) is 6. The van der Waals surface area contributed by atoms with Gasteiger partial charge in [0.05, 0.1) is 66.9 Å². The van der Waals surface area contributed by atoms with E-state index in [1.54, 1.807) is 0 Å². The van der Waals surface area contributed by atoms with Crippen LogP contribution in [0, 0.1) is 13.8 Å². The fourth-order valence-electron chi connectivity index (χ4n) is 12.8. The molecule has 396 valence electrons. The van der Waals surface area contributed by atoms with Gasteiger partial charge in [-0.3, -0.25) is 9.97 Å². The Morgan fingerprint density at radius 1 is 0.310 bits per heavy atom. The third kappa shape index (κ3) is 7.98. The minimum atomic E-state index is 0.796. The van der Waals surface area contributed by atoms with Gasteiger partial charge in [0.25, 0.3) is 0 Å². The molecule has 11 aromatic carbocycles. The fourth-order valence-corrected chi connectivity index (χ4v) is 12.8. The third-order valence-corrected chi connectivity index (χ3v) is 16.6. The number of aryl methyl sites for hydroxylation is 2. The van der Waals surface area contributed by atoms with E-state index in [0.29, 0.717) is 0 Å². The molecule has 0 atom stereocenters. The summed E-state index contributed by atoms with van der Waals surface area (Å²) in [4.78, 5) is 25.4. The maximum Gasteiger partial charge on any atom is 0.0973 e. The normalized spacial score (nSPS) is 11.7. The lowest BCUT2D eigenvalue weighted by atomic mass is 10.0. The van der Waals surface area contributed by atoms with Crippen LogP contribution in [0.25, 0.3) is 110 Å². The summed E-state index contributed by atoms with van der Waals surface area (Å²) in [6.07, 6.45) is 3.75. The van der Waals surface area contributed by atoms with Crippen LogP contribution in [-0.4, -0.2) is 29.1 Å². The first-order valence-electron chi connectivity index (χ1n) is 28.4. The second-order valence-corrected chi connectivity index (χ2v) is 21.6. The predicted molar refractivity (Wildman–Crippen MR) is 349 cm³/mol. The van der Waals surface area contributed by atoms with Crippen molar-refractivity contribution in [1.29, 1.82) is 0 Å². The molecule has 0 aliphatic rings. The van der Waals surface area contributed by atoms with Crippen molar-refractivity contribution in [3.63, 3.8) is 0 Å². The first-order valence-corrected chi connectivity index (χ1v) is 28.4. The summed E-state index contributed by atoms with van der Waals surface area (Å²) in [6.45, 7) is 4.41. The van der Waals surface area contributed by atoms with Gasteiger partial charge in [-0.25, -0.2) is 9.97 Å². The molecular formula is C76H52N8. The van der Waals surface area contributed by atoms with Crippen molar-refractivity contribution < 1.29 is 0 Å². The molecule has 5 aromatic heterocycles. The summed E-state index contributed by atoms with van der Waals surface area (Å²) in [5.41, 5.74) is 22.2. The topological polar surface area (TPSA) is 67.9 Å². The maximum absolute atomic E-state index is 5.40. The summed E-state index contributed by atoms with van der Waals surface area (Å²) < 4.78 is 4.75. The highest BCUT2D eigenvalue weighted by Gasteiger charge is 2.24. The van der Waals surface area contributed by atoms with Gasteiger partial charge in [0, 0.05) is 90.0 Å². The lowest BCUT2D eigenvalue weighted by molar-refractivity contribution is 1.16. The quantitative estimate of drug-likeness (QED) is 0.136. The molecule has 8 nitrogen and oxygen atoms in total. The van der Waals surface area contributed by atoms with Crippen LogP contribution in [0.4, 0.5) is 34.1 Å². The van der Waals surface area contributed by atoms with Gasteiger partial charge in [0.15, 0.2) is 0 Å². The van der Waals surface area contributed by atoms with Crippen LogP contribution in [-0.2, 0) is 0 Å². The van der Waals surface area contributed by atoms with Crippen LogP contribution in [0.5, 0.6) is 0 Å². The first kappa shape index (κ1) is 48.7. The number of benzene rings is 11. The van der Waals surface area contributed by atoms with E-state index in [1.807, 2.05) is 48.8 Å². The molecule has 0 N–H and O–H groups in total. The molecule has 0 fully saturated rings. The van der Waals surface area contributed by atoms with E-state index in [2.05, 4.69) is 263 Å². The van der Waals surface area contributed by atoms with E-state index >= 15 is 0 Å². The zero-order chi connectivity index (χ0) is 55.8. The summed E-state index contributed by atoms with van der Waals surface area (Å²) in [5.74, 6) is 0. The zero-order valence-corrected chi connectivity index (χ0v) is 46.1. The highest BCUT2D eigenvalue weighted by atomic mass is 15.2. The Kier molecular flexibility index (Phi) is 11.5. The van der Waals surface area contributed by atoms with Crippen LogP contribution in [0.2, 0.25) is 0 Å². The molecule has 0 aliphatic carbocycles. The Balaban J connectivity index is 0.799. The smallest absolute Gasteiger partial charge is 0.0973 e. The molecule has 0 saturated heterocycles. The van der Waals surface area contributed by atoms with Gasteiger partial charge in [-0.2, -0.15) is 0 Å². The number of fused-ring (bicyclic) bond motifs is 9. The van der Waals surface area contributed by atoms with Crippen molar-refractivity contribution >= 4 is 111 Å². The number of rotatable bonds is 10. The van der Waals surface area contributed by atoms with Crippen molar-refractivity contribution in [3.8, 4) is 33.9 Å². The molecule has 0 spiro atoms. The second kappa shape index (κ2) is 19.8. The molecule has 84 heavy (non-hydrogen) atoms. The van der Waals surface area contributed by atoms with Crippen LogP contribution in [0.15, 0.2) is 279 Å². The number of pyridine rings is 2. The molecule has 0 amide bonds. The van der Waals surface area contributed by atoms with Gasteiger partial charge in [-0.05, 0) is 146 Å². The van der Waals surface area contributed by atoms with Gasteiger partial charge < -0.3 is 18.9 Å². The standard InChI is InChI=1S/C76H52N8/c1-49-47-57(83-67-27-9-3-21-59(67)60-22-4-10-28-68(60)83)41-43-65(49)81(71-31-13-17-51-19-15-45-77-73(51)71)55-37-33-53(34-38-55)75-76(80-64-26-8-7-25-63(64)79-75)54-35-39-56(40-36-54)82(72-32-14-18-52-20-16-46-78-74(52)72)66-44-42-58(48-50(66)2)84-69-29-11-5-23-61(69)62-24-6-12-30-70(62)84/h3-48H,1-2H3. The van der Waals surface area contributed by atoms with Crippen molar-refractivity contribution in [1.82, 2.24) is 29.1 Å². The van der Waals surface area contributed by atoms with Crippen molar-refractivity contribution in [2.45, 2.75) is 13.8 Å². The highest BCUT2D eigenvalue weighted by molar-refractivity contribution is 6.11. The fraction of sp³-hybridized carbons (Fsp3) is 0.0263. The van der Waals surface area contributed by atoms with Crippen molar-refractivity contribution in [2.75, 3.05) is 9.80 Å². The average Bonchev–Trinajstić information content (AvgIpc) is 2.17. The van der Waals surface area contributed by atoms with E-state index in [-0.39, 0.29) is 0 Å². The van der Waals surface area contributed by atoms with Gasteiger partial charge >= 0.3 is 0 Å². The Morgan fingerprint density at radius 3 is 1.05 bits per heavy atom. The molecule has 0 saturated carbocycles. The van der Waals surface area contributed by atoms with E-state index in [4.69, 9.17) is 19.9 Å². The summed E-state index contributed by atoms with van der Waals surface area (Å²) in [6, 6.07) is 95.0. The number of para-hydroxylation sites is 8. The minimum Gasteiger partial charge on any atom is -0.309 e. The number of aromatic nitrogens is 6. The molecule has 16 rings (SSSR count). The Bertz CT molecular complexity index is 4810. The van der Waals surface area contributed by atoms with Gasteiger partial charge in [0.2, 0.25) is 0 Å². The lowest BCUT2D eigenvalue weighted by Gasteiger charge is -2.28. The van der Waals surface area contributed by atoms with Crippen molar-refractivity contribution in [3.05, 3.63) is 290 Å². The Morgan fingerprint density at radius 2 is 0.667 bits per heavy atom. The summed E-state index contributed by atoms with van der Waals surface area (Å²) in [7, 11) is 0. The van der Waals surface area contributed by atoms with Gasteiger partial charge in [-0.15, -0.1) is 0 Å². The van der Waals surface area contributed by atoms with Crippen LogP contribution >= 0.6 is 0 Å². The Hall–Kier alpha value is -11.2. The summed E-state index contributed by atoms with van der Waals surface area (Å²) in [5, 5.41) is 7.08. The van der Waals surface area contributed by atoms with Crippen LogP contribution in [0.1, 0.15) is 11.1 Å². The monoisotopic (exact) mass is 1080 g/mol. The predicted octanol–water partition coefficient (Wildman–Crippen LogP) is 19.8. The number of anilines is 6. The third-order valence-electron chi connectivity index (χ3n) is 16.6. The first-order chi connectivity index (χ1) is 41.5. The minimum absolute atomic E-state index is 0.796. The molecule has 8 heteroatoms. The molecular weight excluding hydrogens is 1020 g/mol. The molecule has 0 unspecified atom stereocenters. The van der Waals surface area contributed by atoms with E-state index < -0.39 is 0 Å². The largest absolute Gasteiger partial charge is 0.309 e. The molecule has 16 aromatic rings. The number of hydrogen-bond donors (Lipinski definition) is 0. The van der Waals surface area contributed by atoms with Crippen molar-refractivity contribution in [2.24, 2.45) is 0 Å². The zero-order valence-electron chi connectivity index (χ0n) is 46.1. The van der Waals surface area contributed by atoms with Crippen LogP contribution < -0.4 is 9.80 Å². The molecule has 0 bridgehead atoms. The molecule has 0 aliphatic heterocycles. The molecule has 5 heterocycles. The Labute approximate surface area is 485 Å². The van der Waals surface area contributed by atoms with E-state index in [9.17, 15) is 0 Å². The summed E-state index contributed by atoms with van der Waals surface area (Å²) >= 11 is 0. The van der Waals surface area contributed by atoms with Gasteiger partial charge in [-0.1, -0.05) is 146 Å². The number of nitrogens with zero attached hydrogens (tertiary/aromatic N) is 8. The SMILES string of the molecule is Cc1cc(-n2c3ccccc3c3ccccc32)ccc1N(c1ccc(-c2nc3ccccc3nc2-c2ccc(N(c3ccc(-n4c5ccccc5c5ccccc54)cc3C)c3cccc4cccnc34)cc2)cc1)c1cccc2cccnc12. The second-order valence-electron chi connectivity index (χ2n) is 21.6.